The number of nitrogens with zero attached hydrogens (tertiary/aromatic N) is 1. The van der Waals surface area contributed by atoms with Crippen LogP contribution in [0, 0.1) is 0 Å². The van der Waals surface area contributed by atoms with Crippen LogP contribution in [0.15, 0.2) is 4.99 Å². The van der Waals surface area contributed by atoms with E-state index in [-0.39, 0.29) is 0 Å². The minimum Gasteiger partial charge on any atom is -0.330 e. The second-order valence-corrected chi connectivity index (χ2v) is 3.75. The summed E-state index contributed by atoms with van der Waals surface area (Å²) in [5.41, 5.74) is 6.84. The molecule has 0 fully saturated rings. The van der Waals surface area contributed by atoms with E-state index in [0.29, 0.717) is 0 Å². The summed E-state index contributed by atoms with van der Waals surface area (Å²) >= 11 is 0. The van der Waals surface area contributed by atoms with Gasteiger partial charge in [0.2, 0.25) is 0 Å². The fraction of sp³-hybridized carbons (Fsp3) is 0.917. The smallest absolute Gasteiger partial charge is 0.0386 e. The minimum absolute atomic E-state index is 0.838. The Morgan fingerprint density at radius 1 is 1.07 bits per heavy atom. The van der Waals surface area contributed by atoms with E-state index in [4.69, 9.17) is 5.73 Å². The van der Waals surface area contributed by atoms with Crippen LogP contribution in [-0.2, 0) is 0 Å². The summed E-state index contributed by atoms with van der Waals surface area (Å²) in [7, 11) is 0. The molecule has 0 aliphatic carbocycles. The number of hydrogen-bond acceptors (Lipinski definition) is 2. The summed E-state index contributed by atoms with van der Waals surface area (Å²) in [6.45, 7) is 6.23. The maximum Gasteiger partial charge on any atom is 0.0386 e. The minimum atomic E-state index is 0.838. The Kier molecular flexibility index (Phi) is 10.4. The van der Waals surface area contributed by atoms with Gasteiger partial charge in [-0.2, -0.15) is 0 Å². The second kappa shape index (κ2) is 10.7. The molecule has 0 aromatic heterocycles. The Labute approximate surface area is 89.0 Å². The van der Waals surface area contributed by atoms with E-state index in [9.17, 15) is 0 Å². The molecule has 2 N–H and O–H groups in total. The van der Waals surface area contributed by atoms with Gasteiger partial charge in [0.05, 0.1) is 0 Å². The first-order valence-electron chi connectivity index (χ1n) is 6.07. The zero-order chi connectivity index (χ0) is 10.6. The number of aliphatic imine (C=N–C) groups is 1. The molecule has 0 radical (unpaired) electrons. The van der Waals surface area contributed by atoms with E-state index >= 15 is 0 Å². The van der Waals surface area contributed by atoms with Gasteiger partial charge in [-0.1, -0.05) is 26.7 Å². The van der Waals surface area contributed by atoms with Gasteiger partial charge in [-0.25, -0.2) is 0 Å². The van der Waals surface area contributed by atoms with Crippen LogP contribution in [0.3, 0.4) is 0 Å². The van der Waals surface area contributed by atoms with Crippen molar-refractivity contribution < 1.29 is 0 Å². The number of unbranched alkanes of at least 4 members (excludes halogenated alkanes) is 3. The van der Waals surface area contributed by atoms with E-state index in [0.717, 1.165) is 25.9 Å². The molecule has 84 valence electrons. The third-order valence-corrected chi connectivity index (χ3v) is 2.39. The summed E-state index contributed by atoms with van der Waals surface area (Å²) in [4.78, 5) is 4.57. The highest BCUT2D eigenvalue weighted by Gasteiger charge is 1.96. The quantitative estimate of drug-likeness (QED) is 0.448. The molecule has 0 aliphatic heterocycles. The number of rotatable bonds is 9. The molecule has 0 atom stereocenters. The lowest BCUT2D eigenvalue weighted by Crippen LogP contribution is -2.00. The van der Waals surface area contributed by atoms with Crippen LogP contribution in [0.4, 0.5) is 0 Å². The molecule has 0 unspecified atom stereocenters. The topological polar surface area (TPSA) is 38.4 Å². The number of nitrogens with two attached hydrogens (primary N) is 1. The Balaban J connectivity index is 3.42. The molecular weight excluding hydrogens is 172 g/mol. The average Bonchev–Trinajstić information content (AvgIpc) is 2.22. The highest BCUT2D eigenvalue weighted by molar-refractivity contribution is 5.84. The predicted molar refractivity (Wildman–Crippen MR) is 65.0 cm³/mol. The number of hydrogen-bond donors (Lipinski definition) is 1. The van der Waals surface area contributed by atoms with Gasteiger partial charge >= 0.3 is 0 Å². The van der Waals surface area contributed by atoms with Gasteiger partial charge in [-0.05, 0) is 38.6 Å². The monoisotopic (exact) mass is 198 g/mol. The summed E-state index contributed by atoms with van der Waals surface area (Å²) < 4.78 is 0. The molecule has 0 aromatic carbocycles. The van der Waals surface area contributed by atoms with E-state index in [1.54, 1.807) is 0 Å². The predicted octanol–water partition coefficient (Wildman–Crippen LogP) is 3.16. The highest BCUT2D eigenvalue weighted by Crippen LogP contribution is 2.05. The van der Waals surface area contributed by atoms with Crippen molar-refractivity contribution in [3.05, 3.63) is 0 Å². The largest absolute Gasteiger partial charge is 0.330 e. The summed E-state index contributed by atoms with van der Waals surface area (Å²) in [5, 5.41) is 0. The molecule has 0 amide bonds. The van der Waals surface area contributed by atoms with Crippen molar-refractivity contribution in [1.29, 1.82) is 0 Å². The molecule has 2 heteroatoms. The molecule has 0 heterocycles. The van der Waals surface area contributed by atoms with Crippen LogP contribution in [0.2, 0.25) is 0 Å². The van der Waals surface area contributed by atoms with Gasteiger partial charge < -0.3 is 5.73 Å². The molecule has 2 nitrogen and oxygen atoms in total. The van der Waals surface area contributed by atoms with Gasteiger partial charge in [0, 0.05) is 12.3 Å². The first kappa shape index (κ1) is 13.6. The molecule has 0 bridgehead atoms. The van der Waals surface area contributed by atoms with E-state index in [2.05, 4.69) is 18.8 Å². The van der Waals surface area contributed by atoms with Gasteiger partial charge in [-0.15, -0.1) is 0 Å². The molecule has 0 rings (SSSR count). The van der Waals surface area contributed by atoms with Crippen molar-refractivity contribution in [2.45, 2.75) is 58.8 Å². The molecule has 0 saturated carbocycles. The molecular formula is C12H26N2. The maximum atomic E-state index is 5.44. The SMILES string of the molecule is CCCN=C(CC)CCCCCCN. The molecule has 0 saturated heterocycles. The van der Waals surface area contributed by atoms with Crippen molar-refractivity contribution in [3.63, 3.8) is 0 Å². The first-order valence-corrected chi connectivity index (χ1v) is 6.07. The van der Waals surface area contributed by atoms with Crippen molar-refractivity contribution in [2.24, 2.45) is 10.7 Å². The average molecular weight is 198 g/mol. The lowest BCUT2D eigenvalue weighted by atomic mass is 10.1. The van der Waals surface area contributed by atoms with Crippen molar-refractivity contribution in [3.8, 4) is 0 Å². The van der Waals surface area contributed by atoms with Crippen LogP contribution >= 0.6 is 0 Å². The van der Waals surface area contributed by atoms with E-state index in [1.807, 2.05) is 0 Å². The molecule has 0 aliphatic rings. The first-order chi connectivity index (χ1) is 6.85. The van der Waals surface area contributed by atoms with Crippen LogP contribution in [0.5, 0.6) is 0 Å². The lowest BCUT2D eigenvalue weighted by Gasteiger charge is -2.03. The zero-order valence-corrected chi connectivity index (χ0v) is 9.89. The van der Waals surface area contributed by atoms with Crippen LogP contribution < -0.4 is 5.73 Å². The fourth-order valence-corrected chi connectivity index (χ4v) is 1.46. The maximum absolute atomic E-state index is 5.44. The third kappa shape index (κ3) is 8.24. The highest BCUT2D eigenvalue weighted by atomic mass is 14.7. The fourth-order valence-electron chi connectivity index (χ4n) is 1.46. The van der Waals surface area contributed by atoms with Crippen LogP contribution in [-0.4, -0.2) is 18.8 Å². The van der Waals surface area contributed by atoms with Crippen molar-refractivity contribution in [1.82, 2.24) is 0 Å². The van der Waals surface area contributed by atoms with Crippen LogP contribution in [0.1, 0.15) is 58.8 Å². The van der Waals surface area contributed by atoms with Gasteiger partial charge in [0.1, 0.15) is 0 Å². The summed E-state index contributed by atoms with van der Waals surface area (Å²) in [6, 6.07) is 0. The Morgan fingerprint density at radius 2 is 1.79 bits per heavy atom. The van der Waals surface area contributed by atoms with Crippen molar-refractivity contribution >= 4 is 5.71 Å². The Bertz CT molecular complexity index is 141. The normalized spacial score (nSPS) is 12.1. The van der Waals surface area contributed by atoms with E-state index in [1.165, 1.54) is 37.8 Å². The summed E-state index contributed by atoms with van der Waals surface area (Å²) in [6.07, 6.45) is 8.53. The Morgan fingerprint density at radius 3 is 2.36 bits per heavy atom. The zero-order valence-electron chi connectivity index (χ0n) is 9.89. The molecule has 0 aromatic rings. The summed E-state index contributed by atoms with van der Waals surface area (Å²) in [5.74, 6) is 0. The van der Waals surface area contributed by atoms with Crippen molar-refractivity contribution in [2.75, 3.05) is 13.1 Å². The Hall–Kier alpha value is -0.370. The van der Waals surface area contributed by atoms with E-state index < -0.39 is 0 Å². The second-order valence-electron chi connectivity index (χ2n) is 3.75. The molecule has 14 heavy (non-hydrogen) atoms. The van der Waals surface area contributed by atoms with Gasteiger partial charge in [0.15, 0.2) is 0 Å². The van der Waals surface area contributed by atoms with Gasteiger partial charge in [0.25, 0.3) is 0 Å². The van der Waals surface area contributed by atoms with Crippen LogP contribution in [0.25, 0.3) is 0 Å². The lowest BCUT2D eigenvalue weighted by molar-refractivity contribution is 0.657. The third-order valence-electron chi connectivity index (χ3n) is 2.39. The van der Waals surface area contributed by atoms with Gasteiger partial charge in [-0.3, -0.25) is 4.99 Å². The standard InChI is InChI=1S/C12H26N2/c1-3-11-14-12(4-2)9-7-5-6-8-10-13/h3-11,13H2,1-2H3. The molecule has 0 spiro atoms.